The van der Waals surface area contributed by atoms with Gasteiger partial charge in [-0.2, -0.15) is 0 Å². The van der Waals surface area contributed by atoms with Gasteiger partial charge in [0.1, 0.15) is 0 Å². The first-order valence-electron chi connectivity index (χ1n) is 7.82. The van der Waals surface area contributed by atoms with E-state index in [9.17, 15) is 0 Å². The first-order valence-corrected chi connectivity index (χ1v) is 7.82. The first kappa shape index (κ1) is 17.2. The minimum atomic E-state index is 1.01. The molecule has 0 heteroatoms. The highest BCUT2D eigenvalue weighted by Gasteiger charge is 2.00. The minimum absolute atomic E-state index is 1.01. The van der Waals surface area contributed by atoms with Crippen molar-refractivity contribution in [1.82, 2.24) is 0 Å². The highest BCUT2D eigenvalue weighted by atomic mass is 14.1. The normalized spacial score (nSPS) is 10.1. The summed E-state index contributed by atoms with van der Waals surface area (Å²) in [7, 11) is 0. The van der Waals surface area contributed by atoms with Crippen LogP contribution in [0.1, 0.15) is 71.8 Å². The van der Waals surface area contributed by atoms with Crippen LogP contribution in [0.3, 0.4) is 0 Å². The molecule has 104 valence electrons. The second-order valence-corrected chi connectivity index (χ2v) is 5.02. The van der Waals surface area contributed by atoms with Gasteiger partial charge in [-0.05, 0) is 17.9 Å². The molecule has 18 heavy (non-hydrogen) atoms. The van der Waals surface area contributed by atoms with Crippen LogP contribution < -0.4 is 0 Å². The molecular weight excluding hydrogens is 216 g/mol. The van der Waals surface area contributed by atoms with Crippen LogP contribution in [-0.2, 0) is 6.42 Å². The maximum absolute atomic E-state index is 2.31. The number of hydrogen-bond donors (Lipinski definition) is 0. The van der Waals surface area contributed by atoms with E-state index in [4.69, 9.17) is 0 Å². The van der Waals surface area contributed by atoms with Gasteiger partial charge in [-0.25, -0.2) is 0 Å². The van der Waals surface area contributed by atoms with Crippen LogP contribution in [0.5, 0.6) is 0 Å². The Labute approximate surface area is 115 Å². The Morgan fingerprint density at radius 3 is 1.83 bits per heavy atom. The van der Waals surface area contributed by atoms with Gasteiger partial charge in [0, 0.05) is 0 Å². The Morgan fingerprint density at radius 2 is 1.44 bits per heavy atom. The van der Waals surface area contributed by atoms with Crippen LogP contribution in [0.15, 0.2) is 30.3 Å². The van der Waals surface area contributed by atoms with Crippen molar-refractivity contribution in [2.75, 3.05) is 0 Å². The third kappa shape index (κ3) is 9.27. The van der Waals surface area contributed by atoms with Gasteiger partial charge in [-0.15, -0.1) is 0 Å². The fourth-order valence-electron chi connectivity index (χ4n) is 2.09. The summed E-state index contributed by atoms with van der Waals surface area (Å²) in [6.45, 7) is 9.04. The quantitative estimate of drug-likeness (QED) is 0.500. The van der Waals surface area contributed by atoms with Crippen molar-refractivity contribution in [3.05, 3.63) is 35.9 Å². The van der Waals surface area contributed by atoms with E-state index in [0.29, 0.717) is 0 Å². The number of aryl methyl sites for hydroxylation is 1. The van der Waals surface area contributed by atoms with Gasteiger partial charge in [0.25, 0.3) is 0 Å². The smallest absolute Gasteiger partial charge is 0.0307 e. The van der Waals surface area contributed by atoms with Crippen LogP contribution >= 0.6 is 0 Å². The van der Waals surface area contributed by atoms with Crippen molar-refractivity contribution in [1.29, 1.82) is 0 Å². The molecule has 0 amide bonds. The van der Waals surface area contributed by atoms with Crippen LogP contribution in [0, 0.1) is 5.92 Å². The van der Waals surface area contributed by atoms with E-state index in [1.54, 1.807) is 0 Å². The Morgan fingerprint density at radius 1 is 0.833 bits per heavy atom. The fourth-order valence-corrected chi connectivity index (χ4v) is 2.09. The van der Waals surface area contributed by atoms with Crippen molar-refractivity contribution in [3.63, 3.8) is 0 Å². The largest absolute Gasteiger partial charge is 0.0654 e. The number of benzene rings is 1. The third-order valence-corrected chi connectivity index (χ3v) is 3.62. The molecule has 0 aliphatic heterocycles. The average molecular weight is 248 g/mol. The lowest BCUT2D eigenvalue weighted by Crippen LogP contribution is -1.95. The topological polar surface area (TPSA) is 0 Å². The van der Waals surface area contributed by atoms with E-state index in [0.717, 1.165) is 12.3 Å². The molecule has 0 aromatic heterocycles. The van der Waals surface area contributed by atoms with Crippen LogP contribution in [0.2, 0.25) is 0 Å². The summed E-state index contributed by atoms with van der Waals surface area (Å²) in [6.07, 6.45) is 9.58. The summed E-state index contributed by atoms with van der Waals surface area (Å²) < 4.78 is 0. The van der Waals surface area contributed by atoms with Gasteiger partial charge >= 0.3 is 0 Å². The molecule has 0 N–H and O–H groups in total. The van der Waals surface area contributed by atoms with Crippen molar-refractivity contribution in [2.24, 2.45) is 5.92 Å². The molecule has 0 saturated heterocycles. The van der Waals surface area contributed by atoms with Gasteiger partial charge in [0.15, 0.2) is 0 Å². The number of rotatable bonds is 7. The fraction of sp³-hybridized carbons (Fsp3) is 0.667. The molecule has 0 spiro atoms. The van der Waals surface area contributed by atoms with Gasteiger partial charge < -0.3 is 0 Å². The summed E-state index contributed by atoms with van der Waals surface area (Å²) >= 11 is 0. The van der Waals surface area contributed by atoms with Crippen LogP contribution in [-0.4, -0.2) is 0 Å². The lowest BCUT2D eigenvalue weighted by Gasteiger charge is -2.10. The highest BCUT2D eigenvalue weighted by Crippen LogP contribution is 2.16. The number of hydrogen-bond acceptors (Lipinski definition) is 0. The zero-order valence-corrected chi connectivity index (χ0v) is 12.9. The Bertz CT molecular complexity index is 246. The minimum Gasteiger partial charge on any atom is -0.0654 e. The zero-order chi connectivity index (χ0) is 13.6. The van der Waals surface area contributed by atoms with E-state index >= 15 is 0 Å². The van der Waals surface area contributed by atoms with E-state index in [-0.39, 0.29) is 0 Å². The van der Waals surface area contributed by atoms with Crippen LogP contribution in [0.4, 0.5) is 0 Å². The second-order valence-electron chi connectivity index (χ2n) is 5.02. The molecule has 0 fully saturated rings. The SMILES string of the molecule is CCCCCC(CC)CC.CCc1ccccc1. The predicted octanol–water partition coefficient (Wildman–Crippen LogP) is 6.25. The Balaban J connectivity index is 0.000000327. The maximum atomic E-state index is 2.31. The van der Waals surface area contributed by atoms with Crippen molar-refractivity contribution in [3.8, 4) is 0 Å². The second kappa shape index (κ2) is 12.7. The van der Waals surface area contributed by atoms with Gasteiger partial charge in [0.2, 0.25) is 0 Å². The Hall–Kier alpha value is -0.780. The summed E-state index contributed by atoms with van der Waals surface area (Å²) in [5.74, 6) is 1.01. The average Bonchev–Trinajstić information content (AvgIpc) is 2.45. The molecule has 0 aliphatic carbocycles. The molecule has 0 aliphatic rings. The molecule has 1 aromatic carbocycles. The lowest BCUT2D eigenvalue weighted by atomic mass is 9.96. The zero-order valence-electron chi connectivity index (χ0n) is 12.9. The Kier molecular flexibility index (Phi) is 12.1. The molecule has 0 nitrogen and oxygen atoms in total. The van der Waals surface area contributed by atoms with Crippen LogP contribution in [0.25, 0.3) is 0 Å². The molecule has 0 atom stereocenters. The van der Waals surface area contributed by atoms with E-state index in [1.807, 2.05) is 6.07 Å². The summed E-state index contributed by atoms with van der Waals surface area (Å²) in [5.41, 5.74) is 1.41. The van der Waals surface area contributed by atoms with E-state index < -0.39 is 0 Å². The predicted molar refractivity (Wildman–Crippen MR) is 84.0 cm³/mol. The molecule has 0 bridgehead atoms. The maximum Gasteiger partial charge on any atom is -0.0307 e. The number of unbranched alkanes of at least 4 members (excludes halogenated alkanes) is 2. The van der Waals surface area contributed by atoms with Gasteiger partial charge in [-0.3, -0.25) is 0 Å². The van der Waals surface area contributed by atoms with E-state index in [1.165, 1.54) is 44.1 Å². The first-order chi connectivity index (χ1) is 8.78. The summed E-state index contributed by atoms with van der Waals surface area (Å²) in [6, 6.07) is 10.5. The summed E-state index contributed by atoms with van der Waals surface area (Å²) in [4.78, 5) is 0. The standard InChI is InChI=1S/C10H22.C8H10/c1-4-7-8-9-10(5-2)6-3;1-2-8-6-4-3-5-7-8/h10H,4-9H2,1-3H3;3-7H,2H2,1H3. The lowest BCUT2D eigenvalue weighted by molar-refractivity contribution is 0.432. The highest BCUT2D eigenvalue weighted by molar-refractivity contribution is 5.13. The molecule has 0 unspecified atom stereocenters. The van der Waals surface area contributed by atoms with Crippen molar-refractivity contribution in [2.45, 2.75) is 72.6 Å². The van der Waals surface area contributed by atoms with Gasteiger partial charge in [0.05, 0.1) is 0 Å². The van der Waals surface area contributed by atoms with E-state index in [2.05, 4.69) is 52.0 Å². The van der Waals surface area contributed by atoms with Crippen molar-refractivity contribution >= 4 is 0 Å². The van der Waals surface area contributed by atoms with Gasteiger partial charge in [-0.1, -0.05) is 96.6 Å². The molecule has 0 heterocycles. The molecule has 0 radical (unpaired) electrons. The molecular formula is C18H32. The molecule has 1 rings (SSSR count). The molecule has 1 aromatic rings. The molecule has 0 saturated carbocycles. The third-order valence-electron chi connectivity index (χ3n) is 3.62. The van der Waals surface area contributed by atoms with Crippen molar-refractivity contribution < 1.29 is 0 Å². The monoisotopic (exact) mass is 248 g/mol. The summed E-state index contributed by atoms with van der Waals surface area (Å²) in [5, 5.41) is 0.